The van der Waals surface area contributed by atoms with Crippen molar-refractivity contribution in [2.75, 3.05) is 39.8 Å². The Labute approximate surface area is 162 Å². The number of carbonyl (C=O) groups is 2. The van der Waals surface area contributed by atoms with Gasteiger partial charge in [0.25, 0.3) is 0 Å². The molecule has 3 fully saturated rings. The number of rotatable bonds is 5. The van der Waals surface area contributed by atoms with Crippen LogP contribution in [0.4, 0.5) is 4.79 Å². The molecule has 2 amide bonds. The number of carbonyl (C=O) groups excluding carboxylic acids is 1. The molecule has 0 bridgehead atoms. The predicted octanol–water partition coefficient (Wildman–Crippen LogP) is 2.31. The van der Waals surface area contributed by atoms with Crippen LogP contribution in [0.1, 0.15) is 57.8 Å². The van der Waals surface area contributed by atoms with E-state index in [0.717, 1.165) is 12.8 Å². The van der Waals surface area contributed by atoms with Crippen molar-refractivity contribution in [2.45, 2.75) is 69.9 Å². The number of carboxylic acids is 1. The van der Waals surface area contributed by atoms with E-state index >= 15 is 0 Å². The third kappa shape index (κ3) is 5.82. The lowest BCUT2D eigenvalue weighted by atomic mass is 9.64. The van der Waals surface area contributed by atoms with Gasteiger partial charge in [-0.2, -0.15) is 0 Å². The zero-order valence-corrected chi connectivity index (χ0v) is 16.6. The minimum Gasteiger partial charge on any atom is -0.480 e. The second-order valence-corrected chi connectivity index (χ2v) is 8.81. The Balaban J connectivity index is 1.42. The predicted molar refractivity (Wildman–Crippen MR) is 103 cm³/mol. The number of hydrogen-bond acceptors (Lipinski definition) is 4. The molecule has 1 saturated heterocycles. The summed E-state index contributed by atoms with van der Waals surface area (Å²) in [5, 5.41) is 12.1. The summed E-state index contributed by atoms with van der Waals surface area (Å²) in [7, 11) is 1.76. The Morgan fingerprint density at radius 3 is 2.56 bits per heavy atom. The Bertz CT molecular complexity index is 511. The number of nitrogens with zero attached hydrogens (tertiary/aromatic N) is 2. The molecule has 1 heterocycles. The largest absolute Gasteiger partial charge is 0.480 e. The molecule has 1 aliphatic heterocycles. The van der Waals surface area contributed by atoms with Crippen molar-refractivity contribution in [3.8, 4) is 0 Å². The lowest BCUT2D eigenvalue weighted by Gasteiger charge is -2.43. The highest BCUT2D eigenvalue weighted by Crippen LogP contribution is 2.47. The lowest BCUT2D eigenvalue weighted by molar-refractivity contribution is -0.138. The van der Waals surface area contributed by atoms with Crippen LogP contribution < -0.4 is 5.32 Å². The normalized spacial score (nSPS) is 26.3. The fraction of sp³-hybridized carbons (Fsp3) is 0.900. The number of aliphatic carboxylic acids is 1. The van der Waals surface area contributed by atoms with Gasteiger partial charge in [-0.3, -0.25) is 9.69 Å². The molecule has 154 valence electrons. The summed E-state index contributed by atoms with van der Waals surface area (Å²) in [6.07, 6.45) is 11.5. The molecular weight excluding hydrogens is 346 g/mol. The van der Waals surface area contributed by atoms with Crippen LogP contribution in [0.15, 0.2) is 0 Å². The van der Waals surface area contributed by atoms with Gasteiger partial charge in [-0.1, -0.05) is 19.3 Å². The van der Waals surface area contributed by atoms with Crippen LogP contribution in [0.5, 0.6) is 0 Å². The van der Waals surface area contributed by atoms with Gasteiger partial charge in [-0.15, -0.1) is 0 Å². The van der Waals surface area contributed by atoms with E-state index in [2.05, 4.69) is 5.32 Å². The van der Waals surface area contributed by atoms with E-state index in [1.54, 1.807) is 11.9 Å². The molecule has 2 aliphatic carbocycles. The molecule has 27 heavy (non-hydrogen) atoms. The van der Waals surface area contributed by atoms with E-state index in [4.69, 9.17) is 9.84 Å². The molecule has 3 aliphatic rings. The maximum Gasteiger partial charge on any atom is 0.317 e. The molecule has 1 unspecified atom stereocenters. The second-order valence-electron chi connectivity index (χ2n) is 8.81. The van der Waals surface area contributed by atoms with Crippen molar-refractivity contribution in [1.82, 2.24) is 15.1 Å². The Kier molecular flexibility index (Phi) is 6.98. The summed E-state index contributed by atoms with van der Waals surface area (Å²) in [5.74, 6) is -0.851. The second kappa shape index (κ2) is 9.24. The molecule has 1 spiro atoms. The number of ether oxygens (including phenoxy) is 1. The summed E-state index contributed by atoms with van der Waals surface area (Å²) in [5.41, 5.74) is 0.568. The third-order valence-electron chi connectivity index (χ3n) is 6.63. The molecule has 2 saturated carbocycles. The van der Waals surface area contributed by atoms with Gasteiger partial charge in [0.1, 0.15) is 0 Å². The minimum absolute atomic E-state index is 0.00813. The van der Waals surface area contributed by atoms with Gasteiger partial charge in [-0.25, -0.2) is 4.79 Å². The van der Waals surface area contributed by atoms with Gasteiger partial charge >= 0.3 is 12.0 Å². The number of nitrogens with one attached hydrogen (secondary N) is 1. The van der Waals surface area contributed by atoms with E-state index in [1.165, 1.54) is 44.9 Å². The van der Waals surface area contributed by atoms with Crippen LogP contribution in [0, 0.1) is 5.41 Å². The fourth-order valence-electron chi connectivity index (χ4n) is 5.10. The van der Waals surface area contributed by atoms with Crippen LogP contribution in [-0.2, 0) is 9.53 Å². The van der Waals surface area contributed by atoms with Crippen molar-refractivity contribution in [3.63, 3.8) is 0 Å². The highest BCUT2D eigenvalue weighted by molar-refractivity contribution is 5.74. The number of amides is 2. The number of carboxylic acid groups (broad SMARTS) is 1. The maximum atomic E-state index is 12.7. The Hall–Kier alpha value is -1.34. The zero-order chi connectivity index (χ0) is 19.3. The van der Waals surface area contributed by atoms with Gasteiger partial charge < -0.3 is 20.1 Å². The van der Waals surface area contributed by atoms with Crippen LogP contribution >= 0.6 is 0 Å². The number of morpholine rings is 1. The van der Waals surface area contributed by atoms with E-state index < -0.39 is 5.97 Å². The standard InChI is InChI=1S/C20H35N3O4/c1-22(15-18(24)25)13-17-14-23(11-12-27-17)19(26)21-16-5-9-20(10-6-16)7-3-2-4-8-20/h16-17H,2-15H2,1H3,(H,21,26)(H,24,25). The molecule has 0 aromatic carbocycles. The SMILES string of the molecule is CN(CC(=O)O)CC1CN(C(=O)NC2CCC3(CCCCC3)CC2)CCO1. The van der Waals surface area contributed by atoms with Crippen LogP contribution in [0.2, 0.25) is 0 Å². The number of hydrogen-bond donors (Lipinski definition) is 2. The molecule has 3 rings (SSSR count). The smallest absolute Gasteiger partial charge is 0.317 e. The van der Waals surface area contributed by atoms with Gasteiger partial charge in [0.05, 0.1) is 19.3 Å². The number of urea groups is 1. The summed E-state index contributed by atoms with van der Waals surface area (Å²) < 4.78 is 5.72. The van der Waals surface area contributed by atoms with E-state index in [1.807, 2.05) is 4.90 Å². The van der Waals surface area contributed by atoms with E-state index in [-0.39, 0.29) is 18.7 Å². The van der Waals surface area contributed by atoms with Gasteiger partial charge in [0, 0.05) is 25.7 Å². The highest BCUT2D eigenvalue weighted by atomic mass is 16.5. The molecule has 7 heteroatoms. The average Bonchev–Trinajstić information content (AvgIpc) is 2.64. The van der Waals surface area contributed by atoms with E-state index in [0.29, 0.717) is 37.7 Å². The fourth-order valence-corrected chi connectivity index (χ4v) is 5.10. The van der Waals surface area contributed by atoms with Crippen LogP contribution in [0.25, 0.3) is 0 Å². The first-order valence-corrected chi connectivity index (χ1v) is 10.5. The minimum atomic E-state index is -0.851. The van der Waals surface area contributed by atoms with Crippen molar-refractivity contribution in [1.29, 1.82) is 0 Å². The molecule has 1 atom stereocenters. The van der Waals surface area contributed by atoms with Crippen molar-refractivity contribution in [3.05, 3.63) is 0 Å². The van der Waals surface area contributed by atoms with Crippen molar-refractivity contribution in [2.24, 2.45) is 5.41 Å². The van der Waals surface area contributed by atoms with Crippen LogP contribution in [-0.4, -0.2) is 78.9 Å². The van der Waals surface area contributed by atoms with Crippen LogP contribution in [0.3, 0.4) is 0 Å². The Morgan fingerprint density at radius 2 is 1.89 bits per heavy atom. The molecule has 0 aromatic rings. The number of likely N-dealkylation sites (N-methyl/N-ethyl adjacent to an activating group) is 1. The summed E-state index contributed by atoms with van der Waals surface area (Å²) in [6, 6.07) is 0.301. The lowest BCUT2D eigenvalue weighted by Crippen LogP contribution is -2.54. The summed E-state index contributed by atoms with van der Waals surface area (Å²) >= 11 is 0. The first-order chi connectivity index (χ1) is 13.0. The molecule has 7 nitrogen and oxygen atoms in total. The maximum absolute atomic E-state index is 12.7. The summed E-state index contributed by atoms with van der Waals surface area (Å²) in [6.45, 7) is 2.12. The van der Waals surface area contributed by atoms with Gasteiger partial charge in [0.15, 0.2) is 0 Å². The average molecular weight is 382 g/mol. The van der Waals surface area contributed by atoms with Crippen molar-refractivity contribution >= 4 is 12.0 Å². The molecule has 0 aromatic heterocycles. The first kappa shape index (κ1) is 20.4. The first-order valence-electron chi connectivity index (χ1n) is 10.5. The van der Waals surface area contributed by atoms with E-state index in [9.17, 15) is 9.59 Å². The third-order valence-corrected chi connectivity index (χ3v) is 6.63. The summed E-state index contributed by atoms with van der Waals surface area (Å²) in [4.78, 5) is 27.0. The van der Waals surface area contributed by atoms with Gasteiger partial charge in [-0.05, 0) is 51.0 Å². The molecule has 0 radical (unpaired) electrons. The van der Waals surface area contributed by atoms with Gasteiger partial charge in [0.2, 0.25) is 0 Å². The Morgan fingerprint density at radius 1 is 1.19 bits per heavy atom. The van der Waals surface area contributed by atoms with Crippen molar-refractivity contribution < 1.29 is 19.4 Å². The highest BCUT2D eigenvalue weighted by Gasteiger charge is 2.37. The molecular formula is C20H35N3O4. The quantitative estimate of drug-likeness (QED) is 0.764. The molecule has 2 N–H and O–H groups in total. The topological polar surface area (TPSA) is 82.1 Å². The monoisotopic (exact) mass is 381 g/mol. The zero-order valence-electron chi connectivity index (χ0n) is 16.6.